The van der Waals surface area contributed by atoms with Gasteiger partial charge >= 0.3 is 5.66 Å². The molecule has 0 aromatic carbocycles. The van der Waals surface area contributed by atoms with E-state index >= 15 is 0 Å². The first-order valence-electron chi connectivity index (χ1n) is 3.55. The molecule has 2 rings (SSSR count). The van der Waals surface area contributed by atoms with Crippen LogP contribution in [0, 0.1) is 0 Å². The normalized spacial score (nSPS) is 25.2. The Morgan fingerprint density at radius 2 is 2.46 bits per heavy atom. The van der Waals surface area contributed by atoms with E-state index in [9.17, 15) is 4.79 Å². The van der Waals surface area contributed by atoms with Crippen LogP contribution in [0.3, 0.4) is 0 Å². The number of primary amides is 1. The molecule has 1 aliphatic rings. The lowest BCUT2D eigenvalue weighted by Crippen LogP contribution is -2.36. The Kier molecular flexibility index (Phi) is 1.48. The highest BCUT2D eigenvalue weighted by Crippen LogP contribution is 2.30. The number of nitrogens with two attached hydrogens (primary N) is 1. The zero-order valence-corrected chi connectivity index (χ0v) is 6.54. The van der Waals surface area contributed by atoms with Crippen molar-refractivity contribution in [2.45, 2.75) is 5.66 Å². The third-order valence-corrected chi connectivity index (χ3v) is 1.71. The number of amides is 1. The van der Waals surface area contributed by atoms with Gasteiger partial charge in [0.1, 0.15) is 6.34 Å². The summed E-state index contributed by atoms with van der Waals surface area (Å²) in [5.41, 5.74) is 3.67. The van der Waals surface area contributed by atoms with Gasteiger partial charge in [-0.1, -0.05) is 0 Å². The van der Waals surface area contributed by atoms with Crippen LogP contribution in [0.1, 0.15) is 5.76 Å². The Balaban J connectivity index is 2.53. The fraction of sp³-hybridized carbons (Fsp3) is 0.143. The van der Waals surface area contributed by atoms with Crippen molar-refractivity contribution in [3.05, 3.63) is 24.2 Å². The molecule has 66 valence electrons. The molecule has 13 heavy (non-hydrogen) atoms. The van der Waals surface area contributed by atoms with Crippen LogP contribution >= 0.6 is 0 Å². The molecular weight excluding hydrogens is 172 g/mol. The highest BCUT2D eigenvalue weighted by atomic mass is 16.3. The summed E-state index contributed by atoms with van der Waals surface area (Å²) in [6.07, 6.45) is 2.59. The van der Waals surface area contributed by atoms with Crippen molar-refractivity contribution >= 4 is 12.2 Å². The van der Waals surface area contributed by atoms with Gasteiger partial charge in [-0.05, 0) is 12.1 Å². The summed E-state index contributed by atoms with van der Waals surface area (Å²) in [4.78, 5) is 14.9. The van der Waals surface area contributed by atoms with Gasteiger partial charge in [0.25, 0.3) is 5.91 Å². The van der Waals surface area contributed by atoms with Crippen molar-refractivity contribution in [2.75, 3.05) is 0 Å². The van der Waals surface area contributed by atoms with Crippen molar-refractivity contribution in [2.24, 2.45) is 21.0 Å². The van der Waals surface area contributed by atoms with E-state index in [4.69, 9.17) is 10.2 Å². The number of rotatable bonds is 2. The maximum absolute atomic E-state index is 11.1. The second-order valence-electron chi connectivity index (χ2n) is 2.47. The predicted octanol–water partition coefficient (Wildman–Crippen LogP) is 0.412. The molecule has 0 fully saturated rings. The van der Waals surface area contributed by atoms with Crippen LogP contribution in [0.4, 0.5) is 0 Å². The first-order valence-corrected chi connectivity index (χ1v) is 3.55. The third-order valence-electron chi connectivity index (χ3n) is 1.71. The molecule has 1 amide bonds. The highest BCUT2D eigenvalue weighted by molar-refractivity contribution is 5.87. The second kappa shape index (κ2) is 2.51. The average molecular weight is 178 g/mol. The van der Waals surface area contributed by atoms with E-state index in [2.05, 4.69) is 15.2 Å². The molecule has 0 saturated carbocycles. The zero-order valence-electron chi connectivity index (χ0n) is 6.54. The topological polar surface area (TPSA) is 93.3 Å². The van der Waals surface area contributed by atoms with Gasteiger partial charge in [0.05, 0.1) is 6.26 Å². The van der Waals surface area contributed by atoms with Gasteiger partial charge in [-0.15, -0.1) is 10.2 Å². The van der Waals surface area contributed by atoms with Crippen LogP contribution in [0.5, 0.6) is 0 Å². The number of carbonyl (C=O) groups is 1. The van der Waals surface area contributed by atoms with Gasteiger partial charge in [0, 0.05) is 0 Å². The number of azo groups is 1. The molecule has 0 spiro atoms. The Morgan fingerprint density at radius 1 is 1.62 bits per heavy atom. The van der Waals surface area contributed by atoms with E-state index in [-0.39, 0.29) is 5.76 Å². The van der Waals surface area contributed by atoms with E-state index in [0.29, 0.717) is 0 Å². The van der Waals surface area contributed by atoms with Crippen LogP contribution in [0.15, 0.2) is 38.0 Å². The molecule has 1 aromatic heterocycles. The van der Waals surface area contributed by atoms with E-state index in [1.807, 2.05) is 0 Å². The molecule has 1 unspecified atom stereocenters. The monoisotopic (exact) mass is 178 g/mol. The fourth-order valence-electron chi connectivity index (χ4n) is 1.07. The molecule has 0 radical (unpaired) electrons. The number of furan rings is 1. The number of nitrogens with zero attached hydrogens (tertiary/aromatic N) is 3. The Hall–Kier alpha value is -1.98. The second-order valence-corrected chi connectivity index (χ2v) is 2.47. The highest BCUT2D eigenvalue weighted by Gasteiger charge is 2.43. The fourth-order valence-corrected chi connectivity index (χ4v) is 1.07. The summed E-state index contributed by atoms with van der Waals surface area (Å²) in [6, 6.07) is 3.20. The van der Waals surface area contributed by atoms with Gasteiger partial charge in [-0.2, -0.15) is 0 Å². The number of hydrogen-bond acceptors (Lipinski definition) is 5. The van der Waals surface area contributed by atoms with E-state index in [1.54, 1.807) is 12.1 Å². The van der Waals surface area contributed by atoms with E-state index in [0.717, 1.165) is 0 Å². The lowest BCUT2D eigenvalue weighted by molar-refractivity contribution is -0.123. The van der Waals surface area contributed by atoms with Gasteiger partial charge in [0.2, 0.25) is 0 Å². The lowest BCUT2D eigenvalue weighted by Gasteiger charge is -2.13. The third kappa shape index (κ3) is 0.952. The molecule has 2 N–H and O–H groups in total. The molecule has 1 atom stereocenters. The first-order chi connectivity index (χ1) is 6.26. The zero-order chi connectivity index (χ0) is 9.31. The lowest BCUT2D eigenvalue weighted by atomic mass is 10.1. The molecule has 2 heterocycles. The van der Waals surface area contributed by atoms with Crippen LogP contribution < -0.4 is 5.73 Å². The Labute approximate surface area is 73.2 Å². The van der Waals surface area contributed by atoms with Crippen LogP contribution in [0.2, 0.25) is 0 Å². The minimum atomic E-state index is -1.48. The van der Waals surface area contributed by atoms with Gasteiger partial charge in [-0.25, -0.2) is 4.99 Å². The summed E-state index contributed by atoms with van der Waals surface area (Å²) in [5.74, 6) is -0.433. The SMILES string of the molecule is NC(=O)C1(c2ccco2)N=CN=N1. The van der Waals surface area contributed by atoms with Gasteiger partial charge in [0.15, 0.2) is 5.76 Å². The van der Waals surface area contributed by atoms with Crippen LogP contribution in [-0.2, 0) is 10.5 Å². The van der Waals surface area contributed by atoms with Crippen molar-refractivity contribution in [1.29, 1.82) is 0 Å². The minimum Gasteiger partial charge on any atom is -0.464 e. The quantitative estimate of drug-likeness (QED) is 0.710. The van der Waals surface area contributed by atoms with Crippen LogP contribution in [0.25, 0.3) is 0 Å². The maximum atomic E-state index is 11.1. The predicted molar refractivity (Wildman–Crippen MR) is 42.9 cm³/mol. The van der Waals surface area contributed by atoms with Crippen molar-refractivity contribution in [3.63, 3.8) is 0 Å². The summed E-state index contributed by atoms with van der Waals surface area (Å²) in [5, 5.41) is 7.13. The van der Waals surface area contributed by atoms with Crippen molar-refractivity contribution < 1.29 is 9.21 Å². The first kappa shape index (κ1) is 7.66. The summed E-state index contributed by atoms with van der Waals surface area (Å²) < 4.78 is 5.01. The Morgan fingerprint density at radius 3 is 2.92 bits per heavy atom. The summed E-state index contributed by atoms with van der Waals surface area (Å²) in [7, 11) is 0. The molecular formula is C7H6N4O2. The number of carbonyl (C=O) groups excluding carboxylic acids is 1. The summed E-state index contributed by atoms with van der Waals surface area (Å²) >= 11 is 0. The van der Waals surface area contributed by atoms with Crippen LogP contribution in [-0.4, -0.2) is 12.2 Å². The molecule has 1 aromatic rings. The van der Waals surface area contributed by atoms with Gasteiger partial charge in [-0.3, -0.25) is 4.79 Å². The van der Waals surface area contributed by atoms with Crippen molar-refractivity contribution in [1.82, 2.24) is 0 Å². The van der Waals surface area contributed by atoms with E-state index in [1.165, 1.54) is 12.6 Å². The van der Waals surface area contributed by atoms with Crippen molar-refractivity contribution in [3.8, 4) is 0 Å². The average Bonchev–Trinajstić information content (AvgIpc) is 2.75. The molecule has 0 aliphatic carbocycles. The maximum Gasteiger partial charge on any atom is 0.307 e. The van der Waals surface area contributed by atoms with E-state index < -0.39 is 11.6 Å². The smallest absolute Gasteiger partial charge is 0.307 e. The molecule has 0 bridgehead atoms. The molecule has 1 aliphatic heterocycles. The molecule has 6 nitrogen and oxygen atoms in total. The number of hydrogen-bond donors (Lipinski definition) is 1. The molecule has 6 heteroatoms. The largest absolute Gasteiger partial charge is 0.464 e. The minimum absolute atomic E-state index is 0.275. The summed E-state index contributed by atoms with van der Waals surface area (Å²) in [6.45, 7) is 0. The molecule has 0 saturated heterocycles. The number of aliphatic imine (C=N–C) groups is 1. The Bertz CT molecular complexity index is 367. The standard InChI is InChI=1S/C7H6N4O2/c8-6(12)7(9-4-10-11-7)5-2-1-3-13-5/h1-4H,(H2,8,12). The van der Waals surface area contributed by atoms with Gasteiger partial charge < -0.3 is 10.2 Å².